The van der Waals surface area contributed by atoms with Gasteiger partial charge in [-0.15, -0.1) is 0 Å². The van der Waals surface area contributed by atoms with Crippen LogP contribution >= 0.6 is 0 Å². The number of hydrogen-bond acceptors (Lipinski definition) is 2. The van der Waals surface area contributed by atoms with E-state index in [1.54, 1.807) is 0 Å². The van der Waals surface area contributed by atoms with Gasteiger partial charge < -0.3 is 10.1 Å². The smallest absolute Gasteiger partial charge is 0.0703 e. The lowest BCUT2D eigenvalue weighted by atomic mass is 9.87. The highest BCUT2D eigenvalue weighted by Gasteiger charge is 2.30. The fourth-order valence-corrected chi connectivity index (χ4v) is 2.14. The van der Waals surface area contributed by atoms with E-state index in [9.17, 15) is 0 Å². The number of rotatable bonds is 5. The van der Waals surface area contributed by atoms with Crippen molar-refractivity contribution >= 4 is 0 Å². The molecular formula is C11H23NO. The molecule has 0 aromatic heterocycles. The molecule has 0 saturated carbocycles. The van der Waals surface area contributed by atoms with Crippen molar-refractivity contribution in [1.82, 2.24) is 5.32 Å². The molecule has 1 heterocycles. The van der Waals surface area contributed by atoms with Gasteiger partial charge in [0.25, 0.3) is 0 Å². The molecule has 0 radical (unpaired) electrons. The third-order valence-corrected chi connectivity index (χ3v) is 3.18. The van der Waals surface area contributed by atoms with Crippen molar-refractivity contribution in [1.29, 1.82) is 0 Å². The van der Waals surface area contributed by atoms with Gasteiger partial charge >= 0.3 is 0 Å². The lowest BCUT2D eigenvalue weighted by Crippen LogP contribution is -2.43. The molecule has 2 heteroatoms. The standard InChI is InChI=1S/C11H23NO/c1-3-4-5-6-11(13-2)7-9-12-10-8-11/h12H,3-10H2,1-2H3. The lowest BCUT2D eigenvalue weighted by molar-refractivity contribution is -0.0419. The zero-order chi connectivity index (χ0) is 9.57. The van der Waals surface area contributed by atoms with E-state index in [1.807, 2.05) is 7.11 Å². The Kier molecular flexibility index (Phi) is 4.74. The minimum Gasteiger partial charge on any atom is -0.378 e. The second-order valence-corrected chi connectivity index (χ2v) is 4.09. The Hall–Kier alpha value is -0.0800. The maximum absolute atomic E-state index is 5.69. The van der Waals surface area contributed by atoms with Crippen LogP contribution in [-0.2, 0) is 4.74 Å². The Morgan fingerprint density at radius 1 is 1.23 bits per heavy atom. The molecule has 1 aliphatic heterocycles. The van der Waals surface area contributed by atoms with Gasteiger partial charge in [-0.05, 0) is 32.4 Å². The minimum absolute atomic E-state index is 0.209. The summed E-state index contributed by atoms with van der Waals surface area (Å²) in [5.41, 5.74) is 0.209. The van der Waals surface area contributed by atoms with Crippen molar-refractivity contribution in [2.24, 2.45) is 0 Å². The Morgan fingerprint density at radius 2 is 1.92 bits per heavy atom. The van der Waals surface area contributed by atoms with E-state index in [1.165, 1.54) is 38.5 Å². The molecule has 13 heavy (non-hydrogen) atoms. The van der Waals surface area contributed by atoms with E-state index < -0.39 is 0 Å². The van der Waals surface area contributed by atoms with Gasteiger partial charge in [0.15, 0.2) is 0 Å². The second-order valence-electron chi connectivity index (χ2n) is 4.09. The summed E-state index contributed by atoms with van der Waals surface area (Å²) in [6.45, 7) is 4.50. The molecule has 1 saturated heterocycles. The summed E-state index contributed by atoms with van der Waals surface area (Å²) in [5.74, 6) is 0. The van der Waals surface area contributed by atoms with E-state index in [2.05, 4.69) is 12.2 Å². The number of methoxy groups -OCH3 is 1. The number of hydrogen-bond donors (Lipinski definition) is 1. The van der Waals surface area contributed by atoms with Crippen LogP contribution < -0.4 is 5.32 Å². The summed E-state index contributed by atoms with van der Waals surface area (Å²) in [6, 6.07) is 0. The van der Waals surface area contributed by atoms with Gasteiger partial charge in [0.2, 0.25) is 0 Å². The van der Waals surface area contributed by atoms with Crippen molar-refractivity contribution < 1.29 is 4.74 Å². The Labute approximate surface area is 82.0 Å². The molecule has 1 aliphatic rings. The normalized spacial score (nSPS) is 21.7. The van der Waals surface area contributed by atoms with E-state index >= 15 is 0 Å². The molecule has 0 amide bonds. The van der Waals surface area contributed by atoms with Gasteiger partial charge in [-0.3, -0.25) is 0 Å². The molecule has 0 bridgehead atoms. The molecule has 2 nitrogen and oxygen atoms in total. The Bertz CT molecular complexity index is 130. The zero-order valence-electron chi connectivity index (χ0n) is 9.07. The topological polar surface area (TPSA) is 21.3 Å². The molecule has 0 aromatic carbocycles. The number of unbranched alkanes of at least 4 members (excludes halogenated alkanes) is 2. The van der Waals surface area contributed by atoms with E-state index in [4.69, 9.17) is 4.74 Å². The summed E-state index contributed by atoms with van der Waals surface area (Å²) in [4.78, 5) is 0. The SMILES string of the molecule is CCCCCC1(OC)CCNCC1. The van der Waals surface area contributed by atoms with Crippen LogP contribution in [0.1, 0.15) is 45.4 Å². The van der Waals surface area contributed by atoms with Gasteiger partial charge in [-0.25, -0.2) is 0 Å². The highest BCUT2D eigenvalue weighted by molar-refractivity contribution is 4.85. The molecule has 0 spiro atoms. The van der Waals surface area contributed by atoms with Crippen LogP contribution in [0, 0.1) is 0 Å². The predicted octanol–water partition coefficient (Wildman–Crippen LogP) is 2.34. The highest BCUT2D eigenvalue weighted by Crippen LogP contribution is 2.28. The van der Waals surface area contributed by atoms with Crippen LogP contribution in [0.3, 0.4) is 0 Å². The van der Waals surface area contributed by atoms with E-state index in [-0.39, 0.29) is 5.60 Å². The van der Waals surface area contributed by atoms with Gasteiger partial charge in [0.05, 0.1) is 5.60 Å². The van der Waals surface area contributed by atoms with Crippen LogP contribution in [0.4, 0.5) is 0 Å². The molecule has 0 atom stereocenters. The Balaban J connectivity index is 2.29. The summed E-state index contributed by atoms with van der Waals surface area (Å²) >= 11 is 0. The summed E-state index contributed by atoms with van der Waals surface area (Å²) < 4.78 is 5.69. The number of piperidine rings is 1. The zero-order valence-corrected chi connectivity index (χ0v) is 9.07. The largest absolute Gasteiger partial charge is 0.378 e. The van der Waals surface area contributed by atoms with Crippen LogP contribution in [-0.4, -0.2) is 25.8 Å². The van der Waals surface area contributed by atoms with Crippen molar-refractivity contribution in [3.63, 3.8) is 0 Å². The van der Waals surface area contributed by atoms with Gasteiger partial charge in [-0.2, -0.15) is 0 Å². The quantitative estimate of drug-likeness (QED) is 0.664. The molecule has 0 aromatic rings. The van der Waals surface area contributed by atoms with Gasteiger partial charge in [0.1, 0.15) is 0 Å². The minimum atomic E-state index is 0.209. The van der Waals surface area contributed by atoms with Crippen LogP contribution in [0.15, 0.2) is 0 Å². The molecule has 1 fully saturated rings. The van der Waals surface area contributed by atoms with E-state index in [0.717, 1.165) is 13.1 Å². The number of ether oxygens (including phenoxy) is 1. The maximum Gasteiger partial charge on any atom is 0.0703 e. The van der Waals surface area contributed by atoms with Crippen LogP contribution in [0.5, 0.6) is 0 Å². The van der Waals surface area contributed by atoms with Crippen molar-refractivity contribution in [2.75, 3.05) is 20.2 Å². The lowest BCUT2D eigenvalue weighted by Gasteiger charge is -2.36. The summed E-state index contributed by atoms with van der Waals surface area (Å²) in [7, 11) is 1.87. The first-order chi connectivity index (χ1) is 6.33. The summed E-state index contributed by atoms with van der Waals surface area (Å²) in [6.07, 6.45) is 7.60. The first-order valence-corrected chi connectivity index (χ1v) is 5.59. The fraction of sp³-hybridized carbons (Fsp3) is 1.00. The third-order valence-electron chi connectivity index (χ3n) is 3.18. The fourth-order valence-electron chi connectivity index (χ4n) is 2.14. The predicted molar refractivity (Wildman–Crippen MR) is 56.0 cm³/mol. The Morgan fingerprint density at radius 3 is 2.46 bits per heavy atom. The molecule has 78 valence electrons. The number of nitrogens with one attached hydrogen (secondary N) is 1. The summed E-state index contributed by atoms with van der Waals surface area (Å²) in [5, 5.41) is 3.38. The highest BCUT2D eigenvalue weighted by atomic mass is 16.5. The van der Waals surface area contributed by atoms with Crippen molar-refractivity contribution in [3.8, 4) is 0 Å². The van der Waals surface area contributed by atoms with Gasteiger partial charge in [-0.1, -0.05) is 26.2 Å². The van der Waals surface area contributed by atoms with Crippen molar-refractivity contribution in [2.45, 2.75) is 51.0 Å². The monoisotopic (exact) mass is 185 g/mol. The first kappa shape index (κ1) is 11.0. The maximum atomic E-state index is 5.69. The van der Waals surface area contributed by atoms with Crippen molar-refractivity contribution in [3.05, 3.63) is 0 Å². The molecule has 1 N–H and O–H groups in total. The molecule has 0 aliphatic carbocycles. The average molecular weight is 185 g/mol. The van der Waals surface area contributed by atoms with Crippen LogP contribution in [0.25, 0.3) is 0 Å². The van der Waals surface area contributed by atoms with Gasteiger partial charge in [0, 0.05) is 7.11 Å². The van der Waals surface area contributed by atoms with E-state index in [0.29, 0.717) is 0 Å². The first-order valence-electron chi connectivity index (χ1n) is 5.59. The third kappa shape index (κ3) is 3.28. The second kappa shape index (κ2) is 5.61. The average Bonchev–Trinajstić information content (AvgIpc) is 2.20. The molecule has 0 unspecified atom stereocenters. The molecular weight excluding hydrogens is 162 g/mol. The van der Waals surface area contributed by atoms with Crippen LogP contribution in [0.2, 0.25) is 0 Å². The molecule has 1 rings (SSSR count).